The first kappa shape index (κ1) is 12.7. The van der Waals surface area contributed by atoms with E-state index >= 15 is 0 Å². The predicted octanol–water partition coefficient (Wildman–Crippen LogP) is -0.639. The van der Waals surface area contributed by atoms with Crippen molar-refractivity contribution in [3.8, 4) is 0 Å². The van der Waals surface area contributed by atoms with Crippen LogP contribution in [-0.2, 0) is 29.2 Å². The minimum Gasteiger partial charge on any atom is -0.263 e. The van der Waals surface area contributed by atoms with Crippen LogP contribution in [0.5, 0.6) is 0 Å². The molecule has 0 aliphatic carbocycles. The van der Waals surface area contributed by atoms with Crippen LogP contribution in [0.25, 0.3) is 0 Å². The van der Waals surface area contributed by atoms with E-state index in [2.05, 4.69) is 8.37 Å². The second-order valence-electron chi connectivity index (χ2n) is 1.89. The Balaban J connectivity index is 4.39. The lowest BCUT2D eigenvalue weighted by molar-refractivity contribution is -0.00218. The molecule has 0 radical (unpaired) electrons. The SMILES string of the molecule is CCC(OS(=O)(=O)O)OS(=O)(=O)O. The maximum atomic E-state index is 10.1. The molecule has 0 aliphatic heterocycles. The summed E-state index contributed by atoms with van der Waals surface area (Å²) >= 11 is 0. The lowest BCUT2D eigenvalue weighted by Gasteiger charge is -2.10. The van der Waals surface area contributed by atoms with Gasteiger partial charge >= 0.3 is 20.8 Å². The third-order valence-electron chi connectivity index (χ3n) is 0.791. The summed E-state index contributed by atoms with van der Waals surface area (Å²) in [4.78, 5) is 0. The fraction of sp³-hybridized carbons (Fsp3) is 1.00. The number of rotatable bonds is 5. The molecule has 8 nitrogen and oxygen atoms in total. The molecule has 0 aromatic carbocycles. The third-order valence-corrected chi connectivity index (χ3v) is 1.71. The second-order valence-corrected chi connectivity index (χ2v) is 3.98. The molecule has 0 rings (SSSR count). The van der Waals surface area contributed by atoms with Gasteiger partial charge in [0.05, 0.1) is 0 Å². The Hall–Kier alpha value is -0.260. The highest BCUT2D eigenvalue weighted by Crippen LogP contribution is 2.06. The van der Waals surface area contributed by atoms with Crippen LogP contribution >= 0.6 is 0 Å². The van der Waals surface area contributed by atoms with E-state index in [1.54, 1.807) is 0 Å². The van der Waals surface area contributed by atoms with E-state index in [1.165, 1.54) is 6.92 Å². The molecule has 0 amide bonds. The summed E-state index contributed by atoms with van der Waals surface area (Å²) in [5.41, 5.74) is 0. The zero-order chi connectivity index (χ0) is 10.7. The van der Waals surface area contributed by atoms with Gasteiger partial charge in [0.2, 0.25) is 0 Å². The maximum absolute atomic E-state index is 10.1. The van der Waals surface area contributed by atoms with Crippen molar-refractivity contribution >= 4 is 20.8 Å². The Labute approximate surface area is 75.4 Å². The van der Waals surface area contributed by atoms with E-state index < -0.39 is 27.1 Å². The van der Waals surface area contributed by atoms with Crippen molar-refractivity contribution in [2.24, 2.45) is 0 Å². The van der Waals surface area contributed by atoms with Gasteiger partial charge in [-0.3, -0.25) is 9.11 Å². The van der Waals surface area contributed by atoms with Gasteiger partial charge in [-0.2, -0.15) is 16.8 Å². The van der Waals surface area contributed by atoms with E-state index in [0.717, 1.165) is 0 Å². The van der Waals surface area contributed by atoms with Crippen LogP contribution in [0.2, 0.25) is 0 Å². The normalized spacial score (nSPS) is 13.5. The van der Waals surface area contributed by atoms with Crippen molar-refractivity contribution in [1.82, 2.24) is 0 Å². The third kappa shape index (κ3) is 8.08. The molecule has 0 spiro atoms. The van der Waals surface area contributed by atoms with Crippen LogP contribution in [0.15, 0.2) is 0 Å². The van der Waals surface area contributed by atoms with Gasteiger partial charge in [-0.05, 0) is 6.42 Å². The molecule has 0 heterocycles. The van der Waals surface area contributed by atoms with Gasteiger partial charge in [0, 0.05) is 0 Å². The Bertz CT molecular complexity index is 304. The predicted molar refractivity (Wildman–Crippen MR) is 39.3 cm³/mol. The maximum Gasteiger partial charge on any atom is 0.399 e. The molecule has 0 aromatic rings. The van der Waals surface area contributed by atoms with Gasteiger partial charge in [-0.25, -0.2) is 8.37 Å². The smallest absolute Gasteiger partial charge is 0.263 e. The first-order valence-electron chi connectivity index (χ1n) is 2.95. The zero-order valence-electron chi connectivity index (χ0n) is 6.44. The van der Waals surface area contributed by atoms with Crippen molar-refractivity contribution in [2.45, 2.75) is 19.6 Å². The Kier molecular flexibility index (Phi) is 4.22. The summed E-state index contributed by atoms with van der Waals surface area (Å²) < 4.78 is 63.9. The molecular formula is C3H8O8S2. The highest BCUT2D eigenvalue weighted by molar-refractivity contribution is 7.81. The van der Waals surface area contributed by atoms with Gasteiger partial charge in [-0.15, -0.1) is 0 Å². The fourth-order valence-corrected chi connectivity index (χ4v) is 1.37. The van der Waals surface area contributed by atoms with Crippen LogP contribution in [0.4, 0.5) is 0 Å². The standard InChI is InChI=1S/C3H8O8S2/c1-2-3(10-12(4,5)6)11-13(7,8)9/h3H,2H2,1H3,(H,4,5,6)(H,7,8,9). The fourth-order valence-electron chi connectivity index (χ4n) is 0.423. The highest BCUT2D eigenvalue weighted by Gasteiger charge is 2.21. The average Bonchev–Trinajstić information content (AvgIpc) is 1.79. The lowest BCUT2D eigenvalue weighted by atomic mass is 10.5. The van der Waals surface area contributed by atoms with Crippen LogP contribution in [0, 0.1) is 0 Å². The second kappa shape index (κ2) is 4.30. The van der Waals surface area contributed by atoms with Crippen molar-refractivity contribution in [3.05, 3.63) is 0 Å². The summed E-state index contributed by atoms with van der Waals surface area (Å²) in [6.45, 7) is 1.32. The van der Waals surface area contributed by atoms with Crippen LogP contribution in [-0.4, -0.2) is 32.2 Å². The van der Waals surface area contributed by atoms with Crippen LogP contribution in [0.3, 0.4) is 0 Å². The topological polar surface area (TPSA) is 127 Å². The van der Waals surface area contributed by atoms with E-state index in [0.29, 0.717) is 0 Å². The lowest BCUT2D eigenvalue weighted by Crippen LogP contribution is -2.23. The largest absolute Gasteiger partial charge is 0.399 e. The van der Waals surface area contributed by atoms with Crippen molar-refractivity contribution < 1.29 is 34.3 Å². The summed E-state index contributed by atoms with van der Waals surface area (Å²) in [6.07, 6.45) is -1.97. The molecular weight excluding hydrogens is 228 g/mol. The quantitative estimate of drug-likeness (QED) is 0.476. The first-order valence-corrected chi connectivity index (χ1v) is 5.68. The molecule has 0 atom stereocenters. The summed E-state index contributed by atoms with van der Waals surface area (Å²) in [5, 5.41) is 0. The Morgan fingerprint density at radius 3 is 1.54 bits per heavy atom. The van der Waals surface area contributed by atoms with E-state index in [9.17, 15) is 16.8 Å². The van der Waals surface area contributed by atoms with Gasteiger partial charge in [0.15, 0.2) is 6.29 Å². The molecule has 0 aliphatic rings. The average molecular weight is 236 g/mol. The van der Waals surface area contributed by atoms with Gasteiger partial charge in [-0.1, -0.05) is 6.92 Å². The summed E-state index contributed by atoms with van der Waals surface area (Å²) in [5.74, 6) is 0. The molecule has 0 unspecified atom stereocenters. The number of hydrogen-bond acceptors (Lipinski definition) is 6. The number of hydrogen-bond donors (Lipinski definition) is 2. The minimum atomic E-state index is -4.81. The molecule has 2 N–H and O–H groups in total. The molecule has 13 heavy (non-hydrogen) atoms. The molecule has 0 fully saturated rings. The first-order chi connectivity index (χ1) is 5.64. The zero-order valence-corrected chi connectivity index (χ0v) is 8.08. The monoisotopic (exact) mass is 236 g/mol. The molecule has 10 heteroatoms. The molecule has 80 valence electrons. The Morgan fingerprint density at radius 1 is 1.08 bits per heavy atom. The van der Waals surface area contributed by atoms with Crippen LogP contribution < -0.4 is 0 Å². The molecule has 0 saturated heterocycles. The van der Waals surface area contributed by atoms with Gasteiger partial charge in [0.1, 0.15) is 0 Å². The van der Waals surface area contributed by atoms with Crippen molar-refractivity contribution in [1.29, 1.82) is 0 Å². The molecule has 0 aromatic heterocycles. The van der Waals surface area contributed by atoms with E-state index in [4.69, 9.17) is 9.11 Å². The van der Waals surface area contributed by atoms with Gasteiger partial charge < -0.3 is 0 Å². The molecule has 0 bridgehead atoms. The molecule has 0 saturated carbocycles. The highest BCUT2D eigenvalue weighted by atomic mass is 32.3. The van der Waals surface area contributed by atoms with E-state index in [-0.39, 0.29) is 6.42 Å². The van der Waals surface area contributed by atoms with Gasteiger partial charge in [0.25, 0.3) is 0 Å². The van der Waals surface area contributed by atoms with E-state index in [1.807, 2.05) is 0 Å². The summed E-state index contributed by atoms with van der Waals surface area (Å²) in [6, 6.07) is 0. The van der Waals surface area contributed by atoms with Crippen LogP contribution in [0.1, 0.15) is 13.3 Å². The minimum absolute atomic E-state index is 0.195. The summed E-state index contributed by atoms with van der Waals surface area (Å²) in [7, 11) is -9.62. The Morgan fingerprint density at radius 2 is 1.38 bits per heavy atom. The van der Waals surface area contributed by atoms with Crippen molar-refractivity contribution in [3.63, 3.8) is 0 Å². The van der Waals surface area contributed by atoms with Crippen molar-refractivity contribution in [2.75, 3.05) is 0 Å².